The lowest BCUT2D eigenvalue weighted by molar-refractivity contribution is -0.140. The molecule has 0 atom stereocenters. The highest BCUT2D eigenvalue weighted by molar-refractivity contribution is 5.96. The Balaban J connectivity index is 1.50. The molecule has 6 heteroatoms. The molecule has 4 rings (SSSR count). The van der Waals surface area contributed by atoms with Crippen molar-refractivity contribution in [2.45, 2.75) is 50.6 Å². The molecule has 1 aliphatic heterocycles. The molecule has 0 bridgehead atoms. The number of urea groups is 1. The Bertz CT molecular complexity index is 909. The van der Waals surface area contributed by atoms with E-state index in [0.29, 0.717) is 31.6 Å². The van der Waals surface area contributed by atoms with Gasteiger partial charge in [-0.2, -0.15) is 0 Å². The highest BCUT2D eigenvalue weighted by atomic mass is 19.1. The highest BCUT2D eigenvalue weighted by Gasteiger charge is 2.43. The van der Waals surface area contributed by atoms with Crippen molar-refractivity contribution in [3.05, 3.63) is 65.5 Å². The molecule has 5 nitrogen and oxygen atoms in total. The van der Waals surface area contributed by atoms with Crippen LogP contribution in [0.4, 0.5) is 14.9 Å². The fourth-order valence-electron chi connectivity index (χ4n) is 4.47. The number of benzene rings is 2. The molecule has 0 spiro atoms. The molecule has 0 radical (unpaired) electrons. The number of hydrogen-bond acceptors (Lipinski definition) is 2. The predicted molar refractivity (Wildman–Crippen MR) is 110 cm³/mol. The van der Waals surface area contributed by atoms with Crippen LogP contribution in [-0.4, -0.2) is 28.9 Å². The van der Waals surface area contributed by atoms with Gasteiger partial charge < -0.3 is 15.5 Å². The van der Waals surface area contributed by atoms with E-state index in [1.165, 1.54) is 29.3 Å². The van der Waals surface area contributed by atoms with Gasteiger partial charge in [-0.3, -0.25) is 4.79 Å². The molecular formula is C23H26FN3O2. The maximum Gasteiger partial charge on any atom is 0.320 e. The first-order chi connectivity index (χ1) is 14.1. The molecule has 152 valence electrons. The molecule has 2 N–H and O–H groups in total. The molecule has 1 heterocycles. The van der Waals surface area contributed by atoms with E-state index in [2.05, 4.69) is 22.8 Å². The minimum absolute atomic E-state index is 0.0129. The van der Waals surface area contributed by atoms with Crippen molar-refractivity contribution >= 4 is 17.6 Å². The maximum atomic E-state index is 13.6. The Morgan fingerprint density at radius 2 is 1.72 bits per heavy atom. The average Bonchev–Trinajstić information content (AvgIpc) is 2.73. The van der Waals surface area contributed by atoms with Gasteiger partial charge in [-0.05, 0) is 48.6 Å². The van der Waals surface area contributed by atoms with E-state index in [4.69, 9.17) is 0 Å². The molecule has 1 fully saturated rings. The quantitative estimate of drug-likeness (QED) is 0.817. The number of nitrogens with one attached hydrogen (secondary N) is 2. The van der Waals surface area contributed by atoms with Gasteiger partial charge in [0.25, 0.3) is 0 Å². The molecule has 3 amide bonds. The lowest BCUT2D eigenvalue weighted by Gasteiger charge is -2.41. The number of halogens is 1. The molecule has 2 aromatic rings. The molecule has 1 aliphatic carbocycles. The fourth-order valence-corrected chi connectivity index (χ4v) is 4.47. The number of carbonyl (C=O) groups excluding carboxylic acids is 2. The Morgan fingerprint density at radius 1 is 0.966 bits per heavy atom. The van der Waals surface area contributed by atoms with Crippen molar-refractivity contribution in [1.29, 1.82) is 0 Å². The largest absolute Gasteiger partial charge is 0.336 e. The molecule has 0 saturated heterocycles. The highest BCUT2D eigenvalue weighted by Crippen LogP contribution is 2.32. The second-order valence-electron chi connectivity index (χ2n) is 7.98. The normalized spacial score (nSPS) is 17.9. The zero-order valence-electron chi connectivity index (χ0n) is 16.4. The van der Waals surface area contributed by atoms with Crippen molar-refractivity contribution < 1.29 is 14.0 Å². The second kappa shape index (κ2) is 8.23. The first-order valence-corrected chi connectivity index (χ1v) is 10.3. The topological polar surface area (TPSA) is 61.4 Å². The van der Waals surface area contributed by atoms with Crippen LogP contribution in [0.2, 0.25) is 0 Å². The molecule has 2 aromatic carbocycles. The van der Waals surface area contributed by atoms with Gasteiger partial charge in [-0.1, -0.05) is 49.6 Å². The van der Waals surface area contributed by atoms with Crippen molar-refractivity contribution in [3.63, 3.8) is 0 Å². The van der Waals surface area contributed by atoms with E-state index < -0.39 is 17.4 Å². The number of rotatable bonds is 3. The Morgan fingerprint density at radius 3 is 2.48 bits per heavy atom. The zero-order valence-corrected chi connectivity index (χ0v) is 16.4. The molecule has 0 aromatic heterocycles. The van der Waals surface area contributed by atoms with Crippen LogP contribution in [0.25, 0.3) is 0 Å². The first-order valence-electron chi connectivity index (χ1n) is 10.3. The van der Waals surface area contributed by atoms with E-state index in [-0.39, 0.29) is 5.91 Å². The van der Waals surface area contributed by atoms with Crippen molar-refractivity contribution in [3.8, 4) is 0 Å². The molecule has 29 heavy (non-hydrogen) atoms. The van der Waals surface area contributed by atoms with Gasteiger partial charge in [0.2, 0.25) is 5.91 Å². The number of nitrogens with zero attached hydrogens (tertiary/aromatic N) is 1. The van der Waals surface area contributed by atoms with E-state index in [1.807, 2.05) is 17.0 Å². The van der Waals surface area contributed by atoms with Gasteiger partial charge in [0, 0.05) is 18.8 Å². The summed E-state index contributed by atoms with van der Waals surface area (Å²) in [6.45, 7) is 1.23. The van der Waals surface area contributed by atoms with Crippen molar-refractivity contribution in [2.24, 2.45) is 0 Å². The van der Waals surface area contributed by atoms with E-state index in [0.717, 1.165) is 25.7 Å². The fraction of sp³-hybridized carbons (Fsp3) is 0.391. The number of carbonyl (C=O) groups is 2. The van der Waals surface area contributed by atoms with Gasteiger partial charge in [0.1, 0.15) is 11.4 Å². The minimum atomic E-state index is -0.901. The van der Waals surface area contributed by atoms with Gasteiger partial charge in [-0.25, -0.2) is 9.18 Å². The third-order valence-electron chi connectivity index (χ3n) is 5.97. The SMILES string of the molecule is O=C(Nc1cccc(F)c1)NC1(C(=O)N2CCc3ccccc3C2)CCCCC1. The van der Waals surface area contributed by atoms with Crippen LogP contribution in [0, 0.1) is 5.82 Å². The monoisotopic (exact) mass is 395 g/mol. The van der Waals surface area contributed by atoms with E-state index in [9.17, 15) is 14.0 Å². The average molecular weight is 395 g/mol. The number of hydrogen-bond donors (Lipinski definition) is 2. The molecule has 0 unspecified atom stereocenters. The summed E-state index contributed by atoms with van der Waals surface area (Å²) in [5.41, 5.74) is 1.92. The van der Waals surface area contributed by atoms with E-state index >= 15 is 0 Å². The van der Waals surface area contributed by atoms with Crippen LogP contribution in [0.5, 0.6) is 0 Å². The third-order valence-corrected chi connectivity index (χ3v) is 5.97. The summed E-state index contributed by atoms with van der Waals surface area (Å²) in [5, 5.41) is 5.63. The van der Waals surface area contributed by atoms with Crippen LogP contribution in [0.15, 0.2) is 48.5 Å². The van der Waals surface area contributed by atoms with Crippen molar-refractivity contribution in [1.82, 2.24) is 10.2 Å². The zero-order chi connectivity index (χ0) is 20.3. The molecular weight excluding hydrogens is 369 g/mol. The number of anilines is 1. The van der Waals surface area contributed by atoms with Crippen LogP contribution in [0.1, 0.15) is 43.2 Å². The van der Waals surface area contributed by atoms with Gasteiger partial charge >= 0.3 is 6.03 Å². The summed E-state index contributed by atoms with van der Waals surface area (Å²) in [6.07, 6.45) is 4.94. The maximum absolute atomic E-state index is 13.6. The lowest BCUT2D eigenvalue weighted by atomic mass is 9.80. The summed E-state index contributed by atoms with van der Waals surface area (Å²) >= 11 is 0. The Labute approximate surface area is 170 Å². The summed E-state index contributed by atoms with van der Waals surface area (Å²) in [7, 11) is 0. The summed E-state index contributed by atoms with van der Waals surface area (Å²) < 4.78 is 13.4. The molecule has 1 saturated carbocycles. The standard InChI is InChI=1S/C23H26FN3O2/c24-19-9-6-10-20(15-19)25-22(29)26-23(12-4-1-5-13-23)21(28)27-14-11-17-7-2-3-8-18(17)16-27/h2-3,6-10,15H,1,4-5,11-14,16H2,(H2,25,26,29). The summed E-state index contributed by atoms with van der Waals surface area (Å²) in [6, 6.07) is 13.5. The van der Waals surface area contributed by atoms with Crippen molar-refractivity contribution in [2.75, 3.05) is 11.9 Å². The Hall–Kier alpha value is -2.89. The minimum Gasteiger partial charge on any atom is -0.336 e. The van der Waals surface area contributed by atoms with Gasteiger partial charge in [-0.15, -0.1) is 0 Å². The van der Waals surface area contributed by atoms with E-state index in [1.54, 1.807) is 6.07 Å². The smallest absolute Gasteiger partial charge is 0.320 e. The van der Waals surface area contributed by atoms with Gasteiger partial charge in [0.05, 0.1) is 0 Å². The van der Waals surface area contributed by atoms with Crippen LogP contribution in [0.3, 0.4) is 0 Å². The first kappa shape index (κ1) is 19.4. The van der Waals surface area contributed by atoms with Crippen LogP contribution in [-0.2, 0) is 17.8 Å². The number of fused-ring (bicyclic) bond motifs is 1. The second-order valence-corrected chi connectivity index (χ2v) is 7.98. The summed E-state index contributed by atoms with van der Waals surface area (Å²) in [4.78, 5) is 28.1. The van der Waals surface area contributed by atoms with Crippen LogP contribution >= 0.6 is 0 Å². The summed E-state index contributed by atoms with van der Waals surface area (Å²) in [5.74, 6) is -0.431. The lowest BCUT2D eigenvalue weighted by Crippen LogP contribution is -2.61. The molecule has 2 aliphatic rings. The predicted octanol–water partition coefficient (Wildman–Crippen LogP) is 4.24. The Kier molecular flexibility index (Phi) is 5.51. The number of amides is 3. The third kappa shape index (κ3) is 4.26. The van der Waals surface area contributed by atoms with Crippen LogP contribution < -0.4 is 10.6 Å². The van der Waals surface area contributed by atoms with Gasteiger partial charge in [0.15, 0.2) is 0 Å².